The van der Waals surface area contributed by atoms with E-state index in [2.05, 4.69) is 31.3 Å². The highest BCUT2D eigenvalue weighted by Gasteiger charge is 2.23. The Bertz CT molecular complexity index is 861. The molecule has 2 aromatic rings. The molecule has 4 nitrogen and oxygen atoms in total. The van der Waals surface area contributed by atoms with Crippen LogP contribution in [0.1, 0.15) is 72.5 Å². The van der Waals surface area contributed by atoms with Crippen LogP contribution in [0.5, 0.6) is 0 Å². The number of ether oxygens (including phenoxy) is 1. The predicted molar refractivity (Wildman–Crippen MR) is 117 cm³/mol. The summed E-state index contributed by atoms with van der Waals surface area (Å²) < 4.78 is 5.37. The molecular weight excluding hydrogens is 370 g/mol. The Morgan fingerprint density at radius 3 is 2.32 bits per heavy atom. The van der Waals surface area contributed by atoms with Crippen molar-refractivity contribution in [1.29, 1.82) is 0 Å². The summed E-state index contributed by atoms with van der Waals surface area (Å²) >= 11 is 1.41. The highest BCUT2D eigenvalue weighted by Crippen LogP contribution is 2.34. The first kappa shape index (κ1) is 21.9. The highest BCUT2D eigenvalue weighted by molar-refractivity contribution is 7.16. The van der Waals surface area contributed by atoms with Crippen LogP contribution in [-0.4, -0.2) is 18.0 Å². The molecule has 1 amide bonds. The standard InChI is InChI=1S/C23H29NO3S/c1-7-19-16(6)28-22(21(19)23(26)27-15(4)5)24-20(25)13-10-17-8-11-18(12-9-17)14(2)3/h8-15H,7H2,1-6H3,(H,24,25). The smallest absolute Gasteiger partial charge is 0.341 e. The number of rotatable bonds is 7. The summed E-state index contributed by atoms with van der Waals surface area (Å²) in [5, 5.41) is 3.40. The highest BCUT2D eigenvalue weighted by atomic mass is 32.1. The van der Waals surface area contributed by atoms with Crippen LogP contribution in [-0.2, 0) is 16.0 Å². The topological polar surface area (TPSA) is 55.4 Å². The van der Waals surface area contributed by atoms with Crippen molar-refractivity contribution >= 4 is 34.3 Å². The molecule has 0 aliphatic carbocycles. The number of carbonyl (C=O) groups is 2. The molecule has 1 N–H and O–H groups in total. The second-order valence-corrected chi connectivity index (χ2v) is 8.52. The lowest BCUT2D eigenvalue weighted by atomic mass is 10.0. The molecule has 0 radical (unpaired) electrons. The molecule has 0 saturated heterocycles. The second-order valence-electron chi connectivity index (χ2n) is 7.29. The van der Waals surface area contributed by atoms with Crippen LogP contribution in [0, 0.1) is 6.92 Å². The summed E-state index contributed by atoms with van der Waals surface area (Å²) in [7, 11) is 0. The lowest BCUT2D eigenvalue weighted by Crippen LogP contribution is -2.16. The number of thiophene rings is 1. The maximum Gasteiger partial charge on any atom is 0.341 e. The molecule has 1 aromatic carbocycles. The monoisotopic (exact) mass is 399 g/mol. The Kier molecular flexibility index (Phi) is 7.58. The van der Waals surface area contributed by atoms with Gasteiger partial charge in [-0.15, -0.1) is 11.3 Å². The molecule has 28 heavy (non-hydrogen) atoms. The molecule has 2 rings (SSSR count). The zero-order valence-electron chi connectivity index (χ0n) is 17.5. The second kappa shape index (κ2) is 9.69. The largest absolute Gasteiger partial charge is 0.459 e. The molecule has 1 aromatic heterocycles. The summed E-state index contributed by atoms with van der Waals surface area (Å²) in [4.78, 5) is 26.0. The van der Waals surface area contributed by atoms with Crippen LogP contribution in [0.25, 0.3) is 6.08 Å². The van der Waals surface area contributed by atoms with E-state index in [1.54, 1.807) is 6.08 Å². The Morgan fingerprint density at radius 1 is 1.14 bits per heavy atom. The SMILES string of the molecule is CCc1c(C)sc(NC(=O)C=Cc2ccc(C(C)C)cc2)c1C(=O)OC(C)C. The minimum absolute atomic E-state index is 0.213. The van der Waals surface area contributed by atoms with Gasteiger partial charge in [0.2, 0.25) is 5.91 Å². The zero-order chi connectivity index (χ0) is 20.8. The summed E-state index contributed by atoms with van der Waals surface area (Å²) in [6, 6.07) is 8.13. The van der Waals surface area contributed by atoms with Gasteiger partial charge in [-0.1, -0.05) is 45.0 Å². The number of benzene rings is 1. The van der Waals surface area contributed by atoms with Gasteiger partial charge in [0.1, 0.15) is 5.00 Å². The third-order valence-corrected chi connectivity index (χ3v) is 5.44. The van der Waals surface area contributed by atoms with Gasteiger partial charge in [-0.25, -0.2) is 4.79 Å². The number of aryl methyl sites for hydroxylation is 1. The van der Waals surface area contributed by atoms with Gasteiger partial charge in [0.25, 0.3) is 0 Å². The summed E-state index contributed by atoms with van der Waals surface area (Å²) in [5.74, 6) is -0.185. The molecular formula is C23H29NO3S. The van der Waals surface area contributed by atoms with Gasteiger partial charge in [-0.3, -0.25) is 4.79 Å². The molecule has 0 unspecified atom stereocenters. The van der Waals surface area contributed by atoms with Crippen molar-refractivity contribution in [2.75, 3.05) is 5.32 Å². The molecule has 0 fully saturated rings. The van der Waals surface area contributed by atoms with Crippen molar-refractivity contribution in [2.24, 2.45) is 0 Å². The normalized spacial score (nSPS) is 11.4. The van der Waals surface area contributed by atoms with E-state index in [-0.39, 0.29) is 18.0 Å². The van der Waals surface area contributed by atoms with E-state index >= 15 is 0 Å². The quantitative estimate of drug-likeness (QED) is 0.462. The van der Waals surface area contributed by atoms with Crippen molar-refractivity contribution in [2.45, 2.75) is 60.0 Å². The first-order chi connectivity index (χ1) is 13.2. The van der Waals surface area contributed by atoms with E-state index in [9.17, 15) is 9.59 Å². The van der Waals surface area contributed by atoms with Gasteiger partial charge < -0.3 is 10.1 Å². The molecule has 0 saturated carbocycles. The number of hydrogen-bond donors (Lipinski definition) is 1. The van der Waals surface area contributed by atoms with Crippen LogP contribution in [0.3, 0.4) is 0 Å². The fourth-order valence-corrected chi connectivity index (χ4v) is 4.03. The molecule has 0 atom stereocenters. The van der Waals surface area contributed by atoms with Crippen LogP contribution < -0.4 is 5.32 Å². The average molecular weight is 400 g/mol. The van der Waals surface area contributed by atoms with E-state index in [4.69, 9.17) is 4.74 Å². The number of nitrogens with one attached hydrogen (secondary N) is 1. The minimum Gasteiger partial charge on any atom is -0.459 e. The number of hydrogen-bond acceptors (Lipinski definition) is 4. The number of anilines is 1. The van der Waals surface area contributed by atoms with Crippen LogP contribution >= 0.6 is 11.3 Å². The van der Waals surface area contributed by atoms with Crippen LogP contribution in [0.4, 0.5) is 5.00 Å². The van der Waals surface area contributed by atoms with Crippen molar-refractivity contribution in [3.05, 3.63) is 57.5 Å². The first-order valence-corrected chi connectivity index (χ1v) is 10.5. The number of amides is 1. The lowest BCUT2D eigenvalue weighted by Gasteiger charge is -2.10. The summed E-state index contributed by atoms with van der Waals surface area (Å²) in [5.41, 5.74) is 3.62. The van der Waals surface area contributed by atoms with E-state index in [1.807, 2.05) is 39.8 Å². The maximum absolute atomic E-state index is 12.5. The average Bonchev–Trinajstić information content (AvgIpc) is 2.94. The van der Waals surface area contributed by atoms with Crippen molar-refractivity contribution in [3.63, 3.8) is 0 Å². The van der Waals surface area contributed by atoms with Gasteiger partial charge in [-0.05, 0) is 55.9 Å². The van der Waals surface area contributed by atoms with Gasteiger partial charge in [0, 0.05) is 11.0 Å². The minimum atomic E-state index is -0.389. The summed E-state index contributed by atoms with van der Waals surface area (Å²) in [6.07, 6.45) is 3.75. The fraction of sp³-hybridized carbons (Fsp3) is 0.391. The van der Waals surface area contributed by atoms with E-state index < -0.39 is 0 Å². The molecule has 0 aliphatic heterocycles. The van der Waals surface area contributed by atoms with Gasteiger partial charge in [-0.2, -0.15) is 0 Å². The van der Waals surface area contributed by atoms with Gasteiger partial charge >= 0.3 is 5.97 Å². The van der Waals surface area contributed by atoms with Crippen molar-refractivity contribution < 1.29 is 14.3 Å². The van der Waals surface area contributed by atoms with E-state index in [0.29, 0.717) is 22.9 Å². The Balaban J connectivity index is 2.18. The van der Waals surface area contributed by atoms with Crippen LogP contribution in [0.2, 0.25) is 0 Å². The first-order valence-electron chi connectivity index (χ1n) is 9.65. The molecule has 0 bridgehead atoms. The molecule has 5 heteroatoms. The molecule has 0 aliphatic rings. The number of esters is 1. The Hall–Kier alpha value is -2.40. The zero-order valence-corrected chi connectivity index (χ0v) is 18.3. The molecule has 0 spiro atoms. The maximum atomic E-state index is 12.5. The molecule has 1 heterocycles. The third-order valence-electron chi connectivity index (χ3n) is 4.38. The Morgan fingerprint density at radius 2 is 1.79 bits per heavy atom. The third kappa shape index (κ3) is 5.55. The van der Waals surface area contributed by atoms with Crippen molar-refractivity contribution in [1.82, 2.24) is 0 Å². The number of carbonyl (C=O) groups excluding carboxylic acids is 2. The van der Waals surface area contributed by atoms with E-state index in [0.717, 1.165) is 16.0 Å². The van der Waals surface area contributed by atoms with Gasteiger partial charge in [0.15, 0.2) is 0 Å². The molecule has 150 valence electrons. The van der Waals surface area contributed by atoms with Crippen molar-refractivity contribution in [3.8, 4) is 0 Å². The fourth-order valence-electron chi connectivity index (χ4n) is 2.90. The van der Waals surface area contributed by atoms with E-state index in [1.165, 1.54) is 23.0 Å². The van der Waals surface area contributed by atoms with Crippen LogP contribution in [0.15, 0.2) is 30.3 Å². The summed E-state index contributed by atoms with van der Waals surface area (Å²) in [6.45, 7) is 11.9. The van der Waals surface area contributed by atoms with Gasteiger partial charge in [0.05, 0.1) is 11.7 Å². The lowest BCUT2D eigenvalue weighted by molar-refractivity contribution is -0.111. The Labute approximate surface area is 171 Å². The predicted octanol–water partition coefficient (Wildman–Crippen LogP) is 5.96.